The lowest BCUT2D eigenvalue weighted by Crippen LogP contribution is -2.12. The second kappa shape index (κ2) is 6.79. The Kier molecular flexibility index (Phi) is 5.67. The molecule has 0 aliphatic heterocycles. The molecule has 2 heteroatoms. The van der Waals surface area contributed by atoms with E-state index < -0.39 is 0 Å². The van der Waals surface area contributed by atoms with Crippen molar-refractivity contribution in [1.82, 2.24) is 0 Å². The van der Waals surface area contributed by atoms with Gasteiger partial charge >= 0.3 is 0 Å². The Labute approximate surface area is 112 Å². The van der Waals surface area contributed by atoms with Gasteiger partial charge < -0.3 is 10.5 Å². The van der Waals surface area contributed by atoms with E-state index in [0.717, 1.165) is 38.2 Å². The Bertz CT molecular complexity index is 366. The SMILES string of the molecule is CCOc1ccc(C(C)(C)C)cc1CCCCN. The van der Waals surface area contributed by atoms with Crippen LogP contribution in [0.5, 0.6) is 5.75 Å². The van der Waals surface area contributed by atoms with Crippen LogP contribution in [0.3, 0.4) is 0 Å². The van der Waals surface area contributed by atoms with Crippen LogP contribution in [-0.4, -0.2) is 13.2 Å². The van der Waals surface area contributed by atoms with Crippen molar-refractivity contribution in [2.75, 3.05) is 13.2 Å². The Morgan fingerprint density at radius 1 is 1.17 bits per heavy atom. The highest BCUT2D eigenvalue weighted by Gasteiger charge is 2.15. The molecule has 0 aliphatic rings. The van der Waals surface area contributed by atoms with Gasteiger partial charge in [-0.25, -0.2) is 0 Å². The number of hydrogen-bond acceptors (Lipinski definition) is 2. The van der Waals surface area contributed by atoms with Crippen LogP contribution in [0.1, 0.15) is 51.7 Å². The highest BCUT2D eigenvalue weighted by atomic mass is 16.5. The quantitative estimate of drug-likeness (QED) is 0.781. The van der Waals surface area contributed by atoms with Crippen molar-refractivity contribution in [2.24, 2.45) is 5.73 Å². The topological polar surface area (TPSA) is 35.2 Å². The van der Waals surface area contributed by atoms with Gasteiger partial charge in [-0.05, 0) is 55.3 Å². The molecule has 0 fully saturated rings. The molecule has 0 aromatic heterocycles. The lowest BCUT2D eigenvalue weighted by atomic mass is 9.85. The molecule has 0 unspecified atom stereocenters. The molecular formula is C16H27NO. The second-order valence-electron chi connectivity index (χ2n) is 5.75. The normalized spacial score (nSPS) is 11.6. The van der Waals surface area contributed by atoms with Gasteiger partial charge in [0.25, 0.3) is 0 Å². The molecule has 0 saturated carbocycles. The Morgan fingerprint density at radius 2 is 1.89 bits per heavy atom. The zero-order valence-electron chi connectivity index (χ0n) is 12.3. The summed E-state index contributed by atoms with van der Waals surface area (Å²) >= 11 is 0. The lowest BCUT2D eigenvalue weighted by Gasteiger charge is -2.21. The van der Waals surface area contributed by atoms with Crippen molar-refractivity contribution in [3.05, 3.63) is 29.3 Å². The molecule has 0 spiro atoms. The number of hydrogen-bond donors (Lipinski definition) is 1. The molecule has 1 rings (SSSR count). The Morgan fingerprint density at radius 3 is 2.44 bits per heavy atom. The third-order valence-corrected chi connectivity index (χ3v) is 3.13. The summed E-state index contributed by atoms with van der Waals surface area (Å²) in [6, 6.07) is 6.58. The third kappa shape index (κ3) is 4.34. The summed E-state index contributed by atoms with van der Waals surface area (Å²) in [5.41, 5.74) is 8.43. The van der Waals surface area contributed by atoms with E-state index >= 15 is 0 Å². The highest BCUT2D eigenvalue weighted by Crippen LogP contribution is 2.29. The van der Waals surface area contributed by atoms with Gasteiger partial charge in [0.2, 0.25) is 0 Å². The number of rotatable bonds is 6. The number of ether oxygens (including phenoxy) is 1. The first-order valence-electron chi connectivity index (χ1n) is 6.95. The lowest BCUT2D eigenvalue weighted by molar-refractivity contribution is 0.336. The van der Waals surface area contributed by atoms with E-state index in [9.17, 15) is 0 Å². The minimum absolute atomic E-state index is 0.188. The highest BCUT2D eigenvalue weighted by molar-refractivity contribution is 5.39. The van der Waals surface area contributed by atoms with Gasteiger partial charge in [0.1, 0.15) is 5.75 Å². The van der Waals surface area contributed by atoms with E-state index in [2.05, 4.69) is 39.0 Å². The predicted octanol–water partition coefficient (Wildman–Crippen LogP) is 3.66. The first-order valence-corrected chi connectivity index (χ1v) is 6.95. The summed E-state index contributed by atoms with van der Waals surface area (Å²) in [5, 5.41) is 0. The van der Waals surface area contributed by atoms with Gasteiger partial charge in [-0.1, -0.05) is 32.9 Å². The molecule has 2 nitrogen and oxygen atoms in total. The van der Waals surface area contributed by atoms with Crippen molar-refractivity contribution < 1.29 is 4.74 Å². The first-order chi connectivity index (χ1) is 8.49. The number of benzene rings is 1. The summed E-state index contributed by atoms with van der Waals surface area (Å²) in [7, 11) is 0. The molecule has 18 heavy (non-hydrogen) atoms. The maximum atomic E-state index is 5.70. The zero-order valence-corrected chi connectivity index (χ0v) is 12.3. The third-order valence-electron chi connectivity index (χ3n) is 3.13. The molecule has 0 heterocycles. The van der Waals surface area contributed by atoms with Gasteiger partial charge in [-0.3, -0.25) is 0 Å². The van der Waals surface area contributed by atoms with E-state index in [4.69, 9.17) is 10.5 Å². The van der Waals surface area contributed by atoms with Crippen LogP contribution < -0.4 is 10.5 Å². The van der Waals surface area contributed by atoms with Crippen LogP contribution in [0.25, 0.3) is 0 Å². The van der Waals surface area contributed by atoms with Crippen LogP contribution >= 0.6 is 0 Å². The largest absolute Gasteiger partial charge is 0.494 e. The molecule has 0 aliphatic carbocycles. The van der Waals surface area contributed by atoms with Crippen molar-refractivity contribution >= 4 is 0 Å². The summed E-state index contributed by atoms with van der Waals surface area (Å²) < 4.78 is 5.70. The Hall–Kier alpha value is -1.02. The molecule has 0 saturated heterocycles. The summed E-state index contributed by atoms with van der Waals surface area (Å²) in [6.07, 6.45) is 3.26. The van der Waals surface area contributed by atoms with Crippen LogP contribution in [0.4, 0.5) is 0 Å². The monoisotopic (exact) mass is 249 g/mol. The predicted molar refractivity (Wildman–Crippen MR) is 78.3 cm³/mol. The summed E-state index contributed by atoms with van der Waals surface area (Å²) in [5.74, 6) is 1.03. The fraction of sp³-hybridized carbons (Fsp3) is 0.625. The second-order valence-corrected chi connectivity index (χ2v) is 5.75. The van der Waals surface area contributed by atoms with Crippen molar-refractivity contribution in [3.63, 3.8) is 0 Å². The van der Waals surface area contributed by atoms with Crippen LogP contribution in [0, 0.1) is 0 Å². The molecule has 0 bridgehead atoms. The van der Waals surface area contributed by atoms with Gasteiger partial charge in [-0.15, -0.1) is 0 Å². The molecule has 2 N–H and O–H groups in total. The van der Waals surface area contributed by atoms with Gasteiger partial charge in [-0.2, -0.15) is 0 Å². The minimum Gasteiger partial charge on any atom is -0.494 e. The molecular weight excluding hydrogens is 222 g/mol. The molecule has 0 amide bonds. The van der Waals surface area contributed by atoms with E-state index in [1.807, 2.05) is 6.92 Å². The average Bonchev–Trinajstić information content (AvgIpc) is 2.30. The van der Waals surface area contributed by atoms with E-state index in [1.165, 1.54) is 11.1 Å². The fourth-order valence-electron chi connectivity index (χ4n) is 2.00. The van der Waals surface area contributed by atoms with Crippen LogP contribution in [0.15, 0.2) is 18.2 Å². The van der Waals surface area contributed by atoms with E-state index in [-0.39, 0.29) is 5.41 Å². The fourth-order valence-corrected chi connectivity index (χ4v) is 2.00. The van der Waals surface area contributed by atoms with Crippen molar-refractivity contribution in [2.45, 2.75) is 52.4 Å². The standard InChI is InChI=1S/C16H27NO/c1-5-18-15-10-9-14(16(2,3)4)12-13(15)8-6-7-11-17/h9-10,12H,5-8,11,17H2,1-4H3. The van der Waals surface area contributed by atoms with Gasteiger partial charge in [0.05, 0.1) is 6.61 Å². The minimum atomic E-state index is 0.188. The summed E-state index contributed by atoms with van der Waals surface area (Å²) in [4.78, 5) is 0. The number of aryl methyl sites for hydroxylation is 1. The van der Waals surface area contributed by atoms with Crippen molar-refractivity contribution in [1.29, 1.82) is 0 Å². The molecule has 1 aromatic rings. The molecule has 1 aromatic carbocycles. The smallest absolute Gasteiger partial charge is 0.122 e. The summed E-state index contributed by atoms with van der Waals surface area (Å²) in [6.45, 7) is 10.2. The van der Waals surface area contributed by atoms with Gasteiger partial charge in [0.15, 0.2) is 0 Å². The Balaban J connectivity index is 2.92. The molecule has 0 radical (unpaired) electrons. The first kappa shape index (κ1) is 15.0. The maximum absolute atomic E-state index is 5.70. The number of nitrogens with two attached hydrogens (primary N) is 1. The average molecular weight is 249 g/mol. The maximum Gasteiger partial charge on any atom is 0.122 e. The van der Waals surface area contributed by atoms with Gasteiger partial charge in [0, 0.05) is 0 Å². The van der Waals surface area contributed by atoms with Crippen LogP contribution in [-0.2, 0) is 11.8 Å². The molecule has 102 valence electrons. The zero-order chi connectivity index (χ0) is 13.6. The van der Waals surface area contributed by atoms with Crippen molar-refractivity contribution in [3.8, 4) is 5.75 Å². The van der Waals surface area contributed by atoms with Crippen LogP contribution in [0.2, 0.25) is 0 Å². The van der Waals surface area contributed by atoms with E-state index in [0.29, 0.717) is 0 Å². The number of unbranched alkanes of at least 4 members (excludes halogenated alkanes) is 1. The molecule has 0 atom stereocenters. The van der Waals surface area contributed by atoms with E-state index in [1.54, 1.807) is 0 Å².